The first kappa shape index (κ1) is 18.8. The minimum atomic E-state index is 0.558. The Hall–Kier alpha value is -2.50. The van der Waals surface area contributed by atoms with Crippen LogP contribution in [0, 0.1) is 0 Å². The summed E-state index contributed by atoms with van der Waals surface area (Å²) in [5.74, 6) is 3.47. The number of ether oxygens (including phenoxy) is 2. The van der Waals surface area contributed by atoms with Crippen molar-refractivity contribution in [3.63, 3.8) is 0 Å². The Balaban J connectivity index is 1.57. The van der Waals surface area contributed by atoms with E-state index in [1.54, 1.807) is 14.2 Å². The number of nitrogens with zero attached hydrogens (tertiary/aromatic N) is 4. The summed E-state index contributed by atoms with van der Waals surface area (Å²) in [4.78, 5) is 14.3. The highest BCUT2D eigenvalue weighted by Gasteiger charge is 2.25. The molecule has 0 N–H and O–H groups in total. The Labute approximate surface area is 167 Å². The van der Waals surface area contributed by atoms with E-state index in [9.17, 15) is 0 Å². The van der Waals surface area contributed by atoms with Gasteiger partial charge in [0.25, 0.3) is 0 Å². The zero-order valence-electron chi connectivity index (χ0n) is 17.1. The third-order valence-electron chi connectivity index (χ3n) is 6.03. The van der Waals surface area contributed by atoms with Crippen molar-refractivity contribution in [2.45, 2.75) is 51.6 Å². The summed E-state index contributed by atoms with van der Waals surface area (Å²) in [7, 11) is 3.37. The molecule has 2 aliphatic heterocycles. The van der Waals surface area contributed by atoms with Gasteiger partial charge in [0.2, 0.25) is 5.95 Å². The number of methoxy groups -OCH3 is 2. The first-order chi connectivity index (χ1) is 13.7. The lowest BCUT2D eigenvalue weighted by Crippen LogP contribution is -2.40. The summed E-state index contributed by atoms with van der Waals surface area (Å²) in [5.41, 5.74) is 2.60. The Morgan fingerprint density at radius 1 is 1.07 bits per heavy atom. The van der Waals surface area contributed by atoms with Gasteiger partial charge in [0.15, 0.2) is 11.5 Å². The highest BCUT2D eigenvalue weighted by atomic mass is 16.5. The van der Waals surface area contributed by atoms with Gasteiger partial charge in [-0.05, 0) is 61.4 Å². The third-order valence-corrected chi connectivity index (χ3v) is 6.03. The van der Waals surface area contributed by atoms with Crippen molar-refractivity contribution in [2.24, 2.45) is 0 Å². The van der Waals surface area contributed by atoms with Gasteiger partial charge in [-0.15, -0.1) is 0 Å². The van der Waals surface area contributed by atoms with Gasteiger partial charge in [0, 0.05) is 31.9 Å². The van der Waals surface area contributed by atoms with E-state index in [4.69, 9.17) is 14.5 Å². The van der Waals surface area contributed by atoms with Crippen LogP contribution in [0.4, 0.5) is 11.8 Å². The van der Waals surface area contributed by atoms with Crippen LogP contribution in [0.15, 0.2) is 24.4 Å². The summed E-state index contributed by atoms with van der Waals surface area (Å²) >= 11 is 0. The van der Waals surface area contributed by atoms with Crippen LogP contribution in [0.5, 0.6) is 11.5 Å². The van der Waals surface area contributed by atoms with Gasteiger partial charge < -0.3 is 19.3 Å². The predicted molar refractivity (Wildman–Crippen MR) is 112 cm³/mol. The maximum Gasteiger partial charge on any atom is 0.227 e. The van der Waals surface area contributed by atoms with Crippen LogP contribution < -0.4 is 19.3 Å². The molecule has 6 nitrogen and oxygen atoms in total. The second-order valence-corrected chi connectivity index (χ2v) is 7.61. The van der Waals surface area contributed by atoms with Crippen molar-refractivity contribution in [3.8, 4) is 11.5 Å². The van der Waals surface area contributed by atoms with Gasteiger partial charge in [-0.2, -0.15) is 4.98 Å². The molecule has 150 valence electrons. The van der Waals surface area contributed by atoms with E-state index in [1.807, 2.05) is 12.3 Å². The molecule has 0 radical (unpaired) electrons. The molecule has 28 heavy (non-hydrogen) atoms. The standard InChI is InChI=1S/C22H30N4O2/c1-4-18-7-5-6-11-26(18)22-23-10-8-21(24-22)25-12-9-16-13-19(27-2)20(28-3)14-17(16)15-25/h8,10,13-14,18H,4-7,9,11-12,15H2,1-3H3. The molecule has 1 atom stereocenters. The van der Waals surface area contributed by atoms with Crippen LogP contribution in [-0.4, -0.2) is 43.3 Å². The molecule has 2 aromatic rings. The fourth-order valence-corrected chi connectivity index (χ4v) is 4.42. The molecule has 1 aromatic carbocycles. The van der Waals surface area contributed by atoms with Crippen LogP contribution in [-0.2, 0) is 13.0 Å². The molecule has 3 heterocycles. The summed E-state index contributed by atoms with van der Waals surface area (Å²) < 4.78 is 10.9. The molecular weight excluding hydrogens is 352 g/mol. The number of hydrogen-bond donors (Lipinski definition) is 0. The molecule has 0 saturated carbocycles. The quantitative estimate of drug-likeness (QED) is 0.783. The van der Waals surface area contributed by atoms with E-state index in [1.165, 1.54) is 30.4 Å². The maximum absolute atomic E-state index is 5.49. The van der Waals surface area contributed by atoms with Crippen molar-refractivity contribution >= 4 is 11.8 Å². The summed E-state index contributed by atoms with van der Waals surface area (Å²) in [5, 5.41) is 0. The van der Waals surface area contributed by atoms with E-state index in [0.717, 1.165) is 55.7 Å². The largest absolute Gasteiger partial charge is 0.493 e. The van der Waals surface area contributed by atoms with Gasteiger partial charge >= 0.3 is 0 Å². The average Bonchev–Trinajstić information content (AvgIpc) is 2.77. The number of aromatic nitrogens is 2. The van der Waals surface area contributed by atoms with Crippen LogP contribution in [0.3, 0.4) is 0 Å². The summed E-state index contributed by atoms with van der Waals surface area (Å²) in [6.45, 7) is 5.08. The minimum Gasteiger partial charge on any atom is -0.493 e. The maximum atomic E-state index is 5.49. The molecule has 1 aromatic heterocycles. The fourth-order valence-electron chi connectivity index (χ4n) is 4.42. The topological polar surface area (TPSA) is 50.7 Å². The molecular formula is C22H30N4O2. The van der Waals surface area contributed by atoms with Crippen molar-refractivity contribution in [1.29, 1.82) is 0 Å². The Morgan fingerprint density at radius 2 is 1.86 bits per heavy atom. The van der Waals surface area contributed by atoms with Crippen LogP contribution in [0.1, 0.15) is 43.7 Å². The third kappa shape index (κ3) is 3.60. The van der Waals surface area contributed by atoms with E-state index in [0.29, 0.717) is 6.04 Å². The lowest BCUT2D eigenvalue weighted by atomic mass is 9.99. The van der Waals surface area contributed by atoms with E-state index in [2.05, 4.69) is 33.8 Å². The lowest BCUT2D eigenvalue weighted by molar-refractivity contribution is 0.353. The number of fused-ring (bicyclic) bond motifs is 1. The first-order valence-electron chi connectivity index (χ1n) is 10.3. The zero-order valence-corrected chi connectivity index (χ0v) is 17.1. The molecule has 1 saturated heterocycles. The normalized spacial score (nSPS) is 19.3. The SMILES string of the molecule is CCC1CCCCN1c1nccc(N2CCc3cc(OC)c(OC)cc3C2)n1. The van der Waals surface area contributed by atoms with E-state index >= 15 is 0 Å². The number of piperidine rings is 1. The number of rotatable bonds is 5. The van der Waals surface area contributed by atoms with Gasteiger partial charge in [-0.3, -0.25) is 0 Å². The molecule has 1 unspecified atom stereocenters. The second-order valence-electron chi connectivity index (χ2n) is 7.61. The number of benzene rings is 1. The monoisotopic (exact) mass is 382 g/mol. The fraction of sp³-hybridized carbons (Fsp3) is 0.545. The molecule has 4 rings (SSSR count). The Kier molecular flexibility index (Phi) is 5.55. The predicted octanol–water partition coefficient (Wildman–Crippen LogP) is 3.83. The second kappa shape index (κ2) is 8.25. The highest BCUT2D eigenvalue weighted by molar-refractivity contribution is 5.52. The van der Waals surface area contributed by atoms with Crippen molar-refractivity contribution in [2.75, 3.05) is 37.1 Å². The molecule has 6 heteroatoms. The van der Waals surface area contributed by atoms with Crippen LogP contribution in [0.25, 0.3) is 0 Å². The molecule has 0 amide bonds. The van der Waals surface area contributed by atoms with Gasteiger partial charge in [-0.25, -0.2) is 4.98 Å². The molecule has 0 bridgehead atoms. The smallest absolute Gasteiger partial charge is 0.227 e. The van der Waals surface area contributed by atoms with E-state index in [-0.39, 0.29) is 0 Å². The molecule has 0 aliphatic carbocycles. The Morgan fingerprint density at radius 3 is 2.61 bits per heavy atom. The summed E-state index contributed by atoms with van der Waals surface area (Å²) in [6, 6.07) is 6.79. The number of hydrogen-bond acceptors (Lipinski definition) is 6. The van der Waals surface area contributed by atoms with Crippen molar-refractivity contribution < 1.29 is 9.47 Å². The van der Waals surface area contributed by atoms with Gasteiger partial charge in [0.05, 0.1) is 14.2 Å². The highest BCUT2D eigenvalue weighted by Crippen LogP contribution is 2.34. The molecule has 1 fully saturated rings. The van der Waals surface area contributed by atoms with Crippen LogP contribution in [0.2, 0.25) is 0 Å². The van der Waals surface area contributed by atoms with E-state index < -0.39 is 0 Å². The van der Waals surface area contributed by atoms with Crippen molar-refractivity contribution in [3.05, 3.63) is 35.5 Å². The summed E-state index contributed by atoms with van der Waals surface area (Å²) in [6.07, 6.45) is 7.79. The lowest BCUT2D eigenvalue weighted by Gasteiger charge is -2.36. The Bertz CT molecular complexity index is 826. The van der Waals surface area contributed by atoms with Crippen molar-refractivity contribution in [1.82, 2.24) is 9.97 Å². The number of anilines is 2. The minimum absolute atomic E-state index is 0.558. The van der Waals surface area contributed by atoms with Crippen LogP contribution >= 0.6 is 0 Å². The van der Waals surface area contributed by atoms with Gasteiger partial charge in [0.1, 0.15) is 5.82 Å². The average molecular weight is 383 g/mol. The zero-order chi connectivity index (χ0) is 19.5. The first-order valence-corrected chi connectivity index (χ1v) is 10.3. The molecule has 2 aliphatic rings. The molecule has 0 spiro atoms. The van der Waals surface area contributed by atoms with Gasteiger partial charge in [-0.1, -0.05) is 6.92 Å².